The fourth-order valence-corrected chi connectivity index (χ4v) is 8.21. The van der Waals surface area contributed by atoms with Crippen LogP contribution in [0.25, 0.3) is 106 Å². The number of benzene rings is 9. The van der Waals surface area contributed by atoms with Crippen LogP contribution >= 0.6 is 0 Å². The lowest BCUT2D eigenvalue weighted by Crippen LogP contribution is -2.07. The van der Waals surface area contributed by atoms with Crippen LogP contribution in [0.5, 0.6) is 0 Å². The summed E-state index contributed by atoms with van der Waals surface area (Å²) in [5, 5.41) is 1.04. The first kappa shape index (κ1) is 31.7. The maximum atomic E-state index is 9.50. The standard InChI is InChI=1S/C57H38N4/c1-5-17-39(18-6-1)43-31-33-44(34-32-43)55-58-56(46-26-15-25-45(35-46)40-19-7-2-8-20-40)60-57(59-55)61-53-30-14-13-27-51(53)52-29-16-28-50(54(52)61)49-37-47(41-21-9-3-10-22-41)36-48(38-49)42-23-11-4-12-24-42/h1-38H/i13D,14D,27D,30D. The quantitative estimate of drug-likeness (QED) is 0.154. The zero-order chi connectivity index (χ0) is 44.0. The average Bonchev–Trinajstić information content (AvgIpc) is 3.74. The maximum Gasteiger partial charge on any atom is 0.238 e. The highest BCUT2D eigenvalue weighted by Gasteiger charge is 2.21. The van der Waals surface area contributed by atoms with Crippen molar-refractivity contribution in [3.05, 3.63) is 230 Å². The Kier molecular flexibility index (Phi) is 8.07. The third-order valence-corrected chi connectivity index (χ3v) is 11.2. The Bertz CT molecular complexity index is 3500. The van der Waals surface area contributed by atoms with Crippen LogP contribution in [0.2, 0.25) is 0 Å². The molecule has 61 heavy (non-hydrogen) atoms. The molecule has 0 spiro atoms. The van der Waals surface area contributed by atoms with Gasteiger partial charge in [0.05, 0.1) is 16.5 Å². The van der Waals surface area contributed by atoms with Crippen molar-refractivity contribution in [3.63, 3.8) is 0 Å². The Morgan fingerprint density at radius 2 is 0.770 bits per heavy atom. The summed E-state index contributed by atoms with van der Waals surface area (Å²) in [4.78, 5) is 15.6. The second kappa shape index (κ2) is 15.5. The molecule has 286 valence electrons. The van der Waals surface area contributed by atoms with E-state index in [-0.39, 0.29) is 35.6 Å². The smallest absolute Gasteiger partial charge is 0.238 e. The Morgan fingerprint density at radius 3 is 1.39 bits per heavy atom. The van der Waals surface area contributed by atoms with Gasteiger partial charge in [-0.15, -0.1) is 0 Å². The van der Waals surface area contributed by atoms with Gasteiger partial charge in [-0.25, -0.2) is 4.98 Å². The van der Waals surface area contributed by atoms with Crippen molar-refractivity contribution in [3.8, 4) is 84.4 Å². The van der Waals surface area contributed by atoms with E-state index in [1.165, 1.54) is 0 Å². The Labute approximate surface area is 360 Å². The number of fused-ring (bicyclic) bond motifs is 3. The normalized spacial score (nSPS) is 12.2. The molecular weight excluding hydrogens is 741 g/mol. The molecule has 0 N–H and O–H groups in total. The average molecular weight is 783 g/mol. The Hall–Kier alpha value is -8.21. The molecule has 11 rings (SSSR count). The van der Waals surface area contributed by atoms with Gasteiger partial charge in [0.25, 0.3) is 0 Å². The minimum absolute atomic E-state index is 0.133. The molecule has 0 saturated carbocycles. The molecule has 0 fully saturated rings. The van der Waals surface area contributed by atoms with E-state index in [1.807, 2.05) is 120 Å². The van der Waals surface area contributed by atoms with Crippen LogP contribution in [0.15, 0.2) is 230 Å². The van der Waals surface area contributed by atoms with E-state index in [0.29, 0.717) is 27.9 Å². The van der Waals surface area contributed by atoms with Gasteiger partial charge in [-0.3, -0.25) is 4.57 Å². The van der Waals surface area contributed by atoms with E-state index in [2.05, 4.69) is 91.0 Å². The third kappa shape index (κ3) is 6.86. The highest BCUT2D eigenvalue weighted by molar-refractivity contribution is 6.14. The number of para-hydroxylation sites is 2. The predicted molar refractivity (Wildman–Crippen MR) is 252 cm³/mol. The first-order valence-electron chi connectivity index (χ1n) is 22.3. The van der Waals surface area contributed by atoms with Crippen LogP contribution in [0.3, 0.4) is 0 Å². The van der Waals surface area contributed by atoms with Gasteiger partial charge in [-0.2, -0.15) is 9.97 Å². The first-order valence-corrected chi connectivity index (χ1v) is 20.3. The van der Waals surface area contributed by atoms with Crippen molar-refractivity contribution in [2.45, 2.75) is 0 Å². The topological polar surface area (TPSA) is 43.6 Å². The van der Waals surface area contributed by atoms with Gasteiger partial charge in [0.15, 0.2) is 11.6 Å². The molecule has 0 atom stereocenters. The van der Waals surface area contributed by atoms with Crippen molar-refractivity contribution in [2.75, 3.05) is 0 Å². The van der Waals surface area contributed by atoms with Crippen LogP contribution in [-0.2, 0) is 0 Å². The van der Waals surface area contributed by atoms with Crippen molar-refractivity contribution in [1.82, 2.24) is 19.5 Å². The van der Waals surface area contributed by atoms with Crippen LogP contribution in [0.1, 0.15) is 5.48 Å². The first-order chi connectivity index (χ1) is 31.9. The molecule has 4 nitrogen and oxygen atoms in total. The molecule has 2 aromatic heterocycles. The van der Waals surface area contributed by atoms with Gasteiger partial charge in [0.1, 0.15) is 0 Å². The summed E-state index contributed by atoms with van der Waals surface area (Å²) in [6.45, 7) is 0. The molecule has 0 saturated heterocycles. The largest absolute Gasteiger partial charge is 0.277 e. The Balaban J connectivity index is 1.22. The fraction of sp³-hybridized carbons (Fsp3) is 0. The number of hydrogen-bond donors (Lipinski definition) is 0. The lowest BCUT2D eigenvalue weighted by atomic mass is 9.92. The lowest BCUT2D eigenvalue weighted by molar-refractivity contribution is 0.954. The molecule has 9 aromatic carbocycles. The lowest BCUT2D eigenvalue weighted by Gasteiger charge is -2.15. The molecule has 0 aliphatic heterocycles. The highest BCUT2D eigenvalue weighted by Crippen LogP contribution is 2.41. The summed E-state index contributed by atoms with van der Waals surface area (Å²) in [6.07, 6.45) is 0. The van der Waals surface area contributed by atoms with E-state index >= 15 is 0 Å². The number of hydrogen-bond acceptors (Lipinski definition) is 3. The predicted octanol–water partition coefficient (Wildman–Crippen LogP) is 14.6. The zero-order valence-corrected chi connectivity index (χ0v) is 32.9. The fourth-order valence-electron chi connectivity index (χ4n) is 8.21. The monoisotopic (exact) mass is 782 g/mol. The maximum absolute atomic E-state index is 9.50. The second-order valence-electron chi connectivity index (χ2n) is 15.0. The zero-order valence-electron chi connectivity index (χ0n) is 36.9. The number of aromatic nitrogens is 4. The van der Waals surface area contributed by atoms with E-state index < -0.39 is 0 Å². The summed E-state index contributed by atoms with van der Waals surface area (Å²) >= 11 is 0. The summed E-state index contributed by atoms with van der Waals surface area (Å²) in [5.74, 6) is 1.06. The third-order valence-electron chi connectivity index (χ3n) is 11.2. The van der Waals surface area contributed by atoms with Crippen molar-refractivity contribution >= 4 is 21.8 Å². The van der Waals surface area contributed by atoms with E-state index in [1.54, 1.807) is 0 Å². The van der Waals surface area contributed by atoms with Crippen molar-refractivity contribution < 1.29 is 5.48 Å². The van der Waals surface area contributed by atoms with Crippen LogP contribution < -0.4 is 0 Å². The number of nitrogens with zero attached hydrogens (tertiary/aromatic N) is 4. The summed E-state index contributed by atoms with van der Waals surface area (Å²) < 4.78 is 38.5. The van der Waals surface area contributed by atoms with Gasteiger partial charge in [0.2, 0.25) is 5.95 Å². The van der Waals surface area contributed by atoms with Crippen molar-refractivity contribution in [1.29, 1.82) is 0 Å². The van der Waals surface area contributed by atoms with Gasteiger partial charge in [0, 0.05) is 27.5 Å². The highest BCUT2D eigenvalue weighted by atomic mass is 15.2. The van der Waals surface area contributed by atoms with E-state index in [0.717, 1.165) is 66.8 Å². The van der Waals surface area contributed by atoms with E-state index in [4.69, 9.17) is 17.7 Å². The van der Waals surface area contributed by atoms with E-state index in [9.17, 15) is 2.74 Å². The number of rotatable bonds is 8. The van der Waals surface area contributed by atoms with Crippen LogP contribution in [0.4, 0.5) is 0 Å². The molecule has 0 radical (unpaired) electrons. The summed E-state index contributed by atoms with van der Waals surface area (Å²) in [6, 6.07) is 68.6. The molecular formula is C57H38N4. The molecule has 11 aromatic rings. The van der Waals surface area contributed by atoms with Crippen LogP contribution in [-0.4, -0.2) is 19.5 Å². The minimum atomic E-state index is -0.341. The van der Waals surface area contributed by atoms with Crippen LogP contribution in [0, 0.1) is 0 Å². The molecule has 0 amide bonds. The summed E-state index contributed by atoms with van der Waals surface area (Å²) in [7, 11) is 0. The van der Waals surface area contributed by atoms with Gasteiger partial charge >= 0.3 is 0 Å². The Morgan fingerprint density at radius 1 is 0.328 bits per heavy atom. The SMILES string of the molecule is [2H]c1c([2H])c([2H])c2c(c1[2H])c1cccc(-c3cc(-c4ccccc4)cc(-c4ccccc4)c3)c1n2-c1nc(-c2ccc(-c3ccccc3)cc2)nc(-c2cccc(-c3ccccc3)c2)n1. The molecule has 4 heteroatoms. The van der Waals surface area contributed by atoms with Gasteiger partial charge < -0.3 is 0 Å². The molecule has 2 heterocycles. The second-order valence-corrected chi connectivity index (χ2v) is 15.0. The van der Waals surface area contributed by atoms with Crippen molar-refractivity contribution in [2.24, 2.45) is 0 Å². The molecule has 0 aliphatic rings. The molecule has 0 aliphatic carbocycles. The molecule has 0 bridgehead atoms. The van der Waals surface area contributed by atoms with Gasteiger partial charge in [-0.05, 0) is 80.4 Å². The summed E-state index contributed by atoms with van der Waals surface area (Å²) in [5.41, 5.74) is 12.5. The molecule has 0 unspecified atom stereocenters. The minimum Gasteiger partial charge on any atom is -0.277 e. The van der Waals surface area contributed by atoms with Gasteiger partial charge in [-0.1, -0.05) is 200 Å².